The minimum atomic E-state index is -0.479. The number of anilines is 1. The number of hydrazine groups is 1. The third kappa shape index (κ3) is 5.96. The van der Waals surface area contributed by atoms with Gasteiger partial charge in [-0.25, -0.2) is 0 Å². The van der Waals surface area contributed by atoms with Crippen LogP contribution >= 0.6 is 11.8 Å². The van der Waals surface area contributed by atoms with E-state index in [1.165, 1.54) is 0 Å². The molecule has 0 fully saturated rings. The number of aryl methyl sites for hydroxylation is 1. The molecule has 0 aliphatic rings. The molecule has 0 radical (unpaired) electrons. The first-order valence-electron chi connectivity index (χ1n) is 7.45. The van der Waals surface area contributed by atoms with Crippen molar-refractivity contribution < 1.29 is 18.9 Å². The van der Waals surface area contributed by atoms with Crippen LogP contribution in [0.25, 0.3) is 0 Å². The van der Waals surface area contributed by atoms with E-state index in [-0.39, 0.29) is 11.7 Å². The highest BCUT2D eigenvalue weighted by molar-refractivity contribution is 8.01. The van der Waals surface area contributed by atoms with Crippen molar-refractivity contribution in [3.05, 3.63) is 47.7 Å². The largest absolute Gasteiger partial charge is 0.360 e. The first-order valence-corrected chi connectivity index (χ1v) is 8.50. The topological polar surface area (TPSA) is 113 Å². The Morgan fingerprint density at radius 1 is 1.20 bits per heavy atom. The summed E-state index contributed by atoms with van der Waals surface area (Å²) < 4.78 is 4.86. The number of hydrogen-bond donors (Lipinski definition) is 3. The molecule has 0 saturated heterocycles. The average Bonchev–Trinajstić information content (AvgIpc) is 3.02. The first-order chi connectivity index (χ1) is 12.0. The van der Waals surface area contributed by atoms with Crippen LogP contribution in [0.3, 0.4) is 0 Å². The molecule has 2 rings (SSSR count). The molecule has 1 heterocycles. The van der Waals surface area contributed by atoms with Gasteiger partial charge in [0.05, 0.1) is 11.0 Å². The van der Waals surface area contributed by atoms with Crippen molar-refractivity contribution >= 4 is 35.3 Å². The molecule has 0 spiro atoms. The Balaban J connectivity index is 1.70. The van der Waals surface area contributed by atoms with Crippen molar-refractivity contribution in [1.29, 1.82) is 0 Å². The van der Waals surface area contributed by atoms with Gasteiger partial charge in [0.15, 0.2) is 5.82 Å². The lowest BCUT2D eigenvalue weighted by atomic mass is 10.2. The Morgan fingerprint density at radius 2 is 1.92 bits per heavy atom. The second-order valence-corrected chi connectivity index (χ2v) is 6.46. The molecule has 2 aromatic rings. The Hall–Kier alpha value is -2.81. The SMILES string of the molecule is Cc1cc(NC(=O)C(C)SCC(=O)NNC(=O)c2ccccc2)no1. The number of carbonyl (C=O) groups excluding carboxylic acids is 3. The van der Waals surface area contributed by atoms with Gasteiger partial charge in [-0.2, -0.15) is 0 Å². The normalized spacial score (nSPS) is 11.4. The Kier molecular flexibility index (Phi) is 6.58. The van der Waals surface area contributed by atoms with E-state index in [2.05, 4.69) is 21.3 Å². The van der Waals surface area contributed by atoms with Crippen LogP contribution in [-0.4, -0.2) is 33.9 Å². The molecule has 3 N–H and O–H groups in total. The molecule has 0 aliphatic carbocycles. The molecule has 1 aromatic heterocycles. The molecule has 1 atom stereocenters. The van der Waals surface area contributed by atoms with Gasteiger partial charge in [-0.3, -0.25) is 25.2 Å². The average molecular weight is 362 g/mol. The lowest BCUT2D eigenvalue weighted by molar-refractivity contribution is -0.119. The van der Waals surface area contributed by atoms with E-state index >= 15 is 0 Å². The lowest BCUT2D eigenvalue weighted by Gasteiger charge is -2.11. The van der Waals surface area contributed by atoms with Gasteiger partial charge in [0.2, 0.25) is 11.8 Å². The van der Waals surface area contributed by atoms with Gasteiger partial charge in [0.1, 0.15) is 5.76 Å². The molecule has 8 nitrogen and oxygen atoms in total. The van der Waals surface area contributed by atoms with Crippen LogP contribution in [0.5, 0.6) is 0 Å². The molecular formula is C16H18N4O4S. The minimum Gasteiger partial charge on any atom is -0.360 e. The number of thioether (sulfide) groups is 1. The fourth-order valence-electron chi connectivity index (χ4n) is 1.75. The molecule has 1 unspecified atom stereocenters. The van der Waals surface area contributed by atoms with Crippen LogP contribution in [0, 0.1) is 6.92 Å². The van der Waals surface area contributed by atoms with E-state index in [0.717, 1.165) is 11.8 Å². The van der Waals surface area contributed by atoms with Crippen LogP contribution in [-0.2, 0) is 9.59 Å². The predicted molar refractivity (Wildman–Crippen MR) is 93.8 cm³/mol. The standard InChI is InChI=1S/C16H18N4O4S/c1-10-8-13(20-24-10)17-15(22)11(2)25-9-14(21)18-19-16(23)12-6-4-3-5-7-12/h3-8,11H,9H2,1-2H3,(H,18,21)(H,19,23)(H,17,20,22). The maximum Gasteiger partial charge on any atom is 0.269 e. The van der Waals surface area contributed by atoms with Crippen molar-refractivity contribution in [1.82, 2.24) is 16.0 Å². The number of benzene rings is 1. The molecule has 9 heteroatoms. The van der Waals surface area contributed by atoms with E-state index in [1.54, 1.807) is 50.2 Å². The van der Waals surface area contributed by atoms with Crippen molar-refractivity contribution in [2.75, 3.05) is 11.1 Å². The second kappa shape index (κ2) is 8.88. The molecule has 0 bridgehead atoms. The van der Waals surface area contributed by atoms with Crippen molar-refractivity contribution in [2.24, 2.45) is 0 Å². The van der Waals surface area contributed by atoms with Crippen molar-refractivity contribution in [3.8, 4) is 0 Å². The van der Waals surface area contributed by atoms with Gasteiger partial charge < -0.3 is 9.84 Å². The highest BCUT2D eigenvalue weighted by Crippen LogP contribution is 2.14. The summed E-state index contributed by atoms with van der Waals surface area (Å²) >= 11 is 1.13. The summed E-state index contributed by atoms with van der Waals surface area (Å²) in [6.45, 7) is 3.39. The predicted octanol–water partition coefficient (Wildman–Crippen LogP) is 1.50. The van der Waals surface area contributed by atoms with Crippen LogP contribution in [0.1, 0.15) is 23.0 Å². The van der Waals surface area contributed by atoms with E-state index in [1.807, 2.05) is 0 Å². The molecule has 3 amide bonds. The number of rotatable bonds is 6. The van der Waals surface area contributed by atoms with E-state index in [9.17, 15) is 14.4 Å². The summed E-state index contributed by atoms with van der Waals surface area (Å²) in [5.41, 5.74) is 5.07. The monoisotopic (exact) mass is 362 g/mol. The smallest absolute Gasteiger partial charge is 0.269 e. The molecule has 25 heavy (non-hydrogen) atoms. The Bertz CT molecular complexity index is 748. The number of nitrogens with one attached hydrogen (secondary N) is 3. The minimum absolute atomic E-state index is 0.0154. The molecule has 1 aromatic carbocycles. The molecule has 0 aliphatic heterocycles. The Labute approximate surface area is 148 Å². The van der Waals surface area contributed by atoms with Crippen molar-refractivity contribution in [3.63, 3.8) is 0 Å². The zero-order valence-electron chi connectivity index (χ0n) is 13.7. The zero-order chi connectivity index (χ0) is 18.2. The number of aromatic nitrogens is 1. The highest BCUT2D eigenvalue weighted by Gasteiger charge is 2.17. The van der Waals surface area contributed by atoms with Gasteiger partial charge in [0.25, 0.3) is 5.91 Å². The van der Waals surface area contributed by atoms with Crippen LogP contribution in [0.15, 0.2) is 40.9 Å². The zero-order valence-corrected chi connectivity index (χ0v) is 14.6. The van der Waals surface area contributed by atoms with Crippen molar-refractivity contribution in [2.45, 2.75) is 19.1 Å². The van der Waals surface area contributed by atoms with Gasteiger partial charge in [-0.1, -0.05) is 23.4 Å². The number of amides is 3. The summed E-state index contributed by atoms with van der Waals surface area (Å²) in [5, 5.41) is 5.78. The van der Waals surface area contributed by atoms with E-state index in [4.69, 9.17) is 4.52 Å². The number of carbonyl (C=O) groups is 3. The van der Waals surface area contributed by atoms with Gasteiger partial charge in [-0.05, 0) is 26.0 Å². The van der Waals surface area contributed by atoms with E-state index < -0.39 is 17.1 Å². The van der Waals surface area contributed by atoms with Gasteiger partial charge in [-0.15, -0.1) is 11.8 Å². The second-order valence-electron chi connectivity index (χ2n) is 5.13. The maximum atomic E-state index is 12.0. The molecular weight excluding hydrogens is 344 g/mol. The maximum absolute atomic E-state index is 12.0. The first kappa shape index (κ1) is 18.5. The van der Waals surface area contributed by atoms with Gasteiger partial charge in [0, 0.05) is 11.6 Å². The summed E-state index contributed by atoms with van der Waals surface area (Å²) in [4.78, 5) is 35.5. The van der Waals surface area contributed by atoms with Crippen LogP contribution in [0.2, 0.25) is 0 Å². The molecule has 132 valence electrons. The van der Waals surface area contributed by atoms with Gasteiger partial charge >= 0.3 is 0 Å². The number of hydrogen-bond acceptors (Lipinski definition) is 6. The Morgan fingerprint density at radius 3 is 2.56 bits per heavy atom. The highest BCUT2D eigenvalue weighted by atomic mass is 32.2. The lowest BCUT2D eigenvalue weighted by Crippen LogP contribution is -2.42. The quantitative estimate of drug-likeness (QED) is 0.671. The van der Waals surface area contributed by atoms with Crippen LogP contribution < -0.4 is 16.2 Å². The summed E-state index contributed by atoms with van der Waals surface area (Å²) in [6, 6.07) is 10.1. The van der Waals surface area contributed by atoms with E-state index in [0.29, 0.717) is 17.1 Å². The third-order valence-electron chi connectivity index (χ3n) is 3.06. The van der Waals surface area contributed by atoms with Crippen LogP contribution in [0.4, 0.5) is 5.82 Å². The number of nitrogens with zero attached hydrogens (tertiary/aromatic N) is 1. The fraction of sp³-hybridized carbons (Fsp3) is 0.250. The molecule has 0 saturated carbocycles. The fourth-order valence-corrected chi connectivity index (χ4v) is 2.44. The third-order valence-corrected chi connectivity index (χ3v) is 4.21. The summed E-state index contributed by atoms with van der Waals surface area (Å²) in [6.07, 6.45) is 0. The summed E-state index contributed by atoms with van der Waals surface area (Å²) in [7, 11) is 0. The summed E-state index contributed by atoms with van der Waals surface area (Å²) in [5.74, 6) is -0.183.